The van der Waals surface area contributed by atoms with Crippen molar-refractivity contribution in [2.75, 3.05) is 0 Å². The summed E-state index contributed by atoms with van der Waals surface area (Å²) in [5.74, 6) is 1.06. The molecule has 0 amide bonds. The van der Waals surface area contributed by atoms with Crippen LogP contribution in [0.2, 0.25) is 5.02 Å². The summed E-state index contributed by atoms with van der Waals surface area (Å²) in [6, 6.07) is 16.8. The van der Waals surface area contributed by atoms with Crippen LogP contribution in [0.15, 0.2) is 71.8 Å². The van der Waals surface area contributed by atoms with Gasteiger partial charge in [0.25, 0.3) is 5.56 Å². The largest absolute Gasteiger partial charge is 0.485 e. The molecule has 2 heterocycles. The SMILES string of the molecule is CCC[n+]1ccc(C(CC)Oc2ccc(Cl)cc2-c2nc3ccccc3c(=O)[nH]2)cc1. The minimum Gasteiger partial charge on any atom is -0.485 e. The van der Waals surface area contributed by atoms with Gasteiger partial charge in [0, 0.05) is 29.1 Å². The van der Waals surface area contributed by atoms with Crippen LogP contribution in [0, 0.1) is 0 Å². The number of H-pyrrole nitrogens is 1. The highest BCUT2D eigenvalue weighted by atomic mass is 35.5. The van der Waals surface area contributed by atoms with Gasteiger partial charge in [0.2, 0.25) is 0 Å². The number of para-hydroxylation sites is 1. The minimum atomic E-state index is -0.192. The molecular formula is C25H25ClN3O2+. The first-order valence-electron chi connectivity index (χ1n) is 10.5. The molecule has 4 rings (SSSR count). The molecule has 2 aromatic heterocycles. The van der Waals surface area contributed by atoms with Crippen LogP contribution in [-0.4, -0.2) is 9.97 Å². The van der Waals surface area contributed by atoms with E-state index in [9.17, 15) is 4.79 Å². The number of aromatic amines is 1. The van der Waals surface area contributed by atoms with Crippen molar-refractivity contribution in [1.29, 1.82) is 0 Å². The highest BCUT2D eigenvalue weighted by molar-refractivity contribution is 6.30. The molecule has 0 bridgehead atoms. The Morgan fingerprint density at radius 3 is 2.61 bits per heavy atom. The van der Waals surface area contributed by atoms with Gasteiger partial charge in [0.05, 0.1) is 16.5 Å². The lowest BCUT2D eigenvalue weighted by molar-refractivity contribution is -0.697. The number of halogens is 1. The zero-order valence-electron chi connectivity index (χ0n) is 17.6. The summed E-state index contributed by atoms with van der Waals surface area (Å²) < 4.78 is 8.57. The number of ether oxygens (including phenoxy) is 1. The maximum Gasteiger partial charge on any atom is 0.259 e. The number of fused-ring (bicyclic) bond motifs is 1. The fraction of sp³-hybridized carbons (Fsp3) is 0.240. The van der Waals surface area contributed by atoms with E-state index in [4.69, 9.17) is 16.3 Å². The molecule has 1 atom stereocenters. The van der Waals surface area contributed by atoms with E-state index in [1.165, 1.54) is 0 Å². The molecule has 4 aromatic rings. The molecule has 5 nitrogen and oxygen atoms in total. The van der Waals surface area contributed by atoms with Crippen molar-refractivity contribution in [3.05, 3.63) is 87.9 Å². The summed E-state index contributed by atoms with van der Waals surface area (Å²) >= 11 is 6.28. The minimum absolute atomic E-state index is 0.136. The lowest BCUT2D eigenvalue weighted by Gasteiger charge is -2.20. The van der Waals surface area contributed by atoms with Crippen LogP contribution < -0.4 is 14.9 Å². The third-order valence-electron chi connectivity index (χ3n) is 5.22. The van der Waals surface area contributed by atoms with Gasteiger partial charge in [-0.2, -0.15) is 0 Å². The number of aromatic nitrogens is 3. The van der Waals surface area contributed by atoms with E-state index in [0.717, 1.165) is 24.9 Å². The van der Waals surface area contributed by atoms with Crippen LogP contribution in [0.1, 0.15) is 38.4 Å². The van der Waals surface area contributed by atoms with Crippen molar-refractivity contribution < 1.29 is 9.30 Å². The smallest absolute Gasteiger partial charge is 0.259 e. The zero-order chi connectivity index (χ0) is 21.8. The molecule has 158 valence electrons. The standard InChI is InChI=1S/C25H24ClN3O2/c1-3-13-29-14-11-17(12-15-29)22(4-2)31-23-10-9-18(26)16-20(23)24-27-21-8-6-5-7-19(21)25(30)28-24/h5-12,14-16,22H,3-4,13H2,1-2H3/p+1. The Bertz CT molecular complexity index is 1250. The van der Waals surface area contributed by atoms with E-state index in [2.05, 4.69) is 52.9 Å². The van der Waals surface area contributed by atoms with Crippen LogP contribution in [0.5, 0.6) is 5.75 Å². The second-order valence-electron chi connectivity index (χ2n) is 7.46. The molecule has 0 aliphatic rings. The van der Waals surface area contributed by atoms with Crippen LogP contribution in [0.4, 0.5) is 0 Å². The van der Waals surface area contributed by atoms with Crippen molar-refractivity contribution in [3.8, 4) is 17.1 Å². The second kappa shape index (κ2) is 9.31. The molecule has 0 fully saturated rings. The van der Waals surface area contributed by atoms with E-state index in [0.29, 0.717) is 33.1 Å². The molecule has 2 aromatic carbocycles. The van der Waals surface area contributed by atoms with Gasteiger partial charge in [-0.3, -0.25) is 4.79 Å². The average molecular weight is 435 g/mol. The molecule has 0 radical (unpaired) electrons. The molecule has 6 heteroatoms. The van der Waals surface area contributed by atoms with Gasteiger partial charge in [-0.25, -0.2) is 9.55 Å². The number of nitrogens with zero attached hydrogens (tertiary/aromatic N) is 2. The van der Waals surface area contributed by atoms with Gasteiger partial charge in [0.1, 0.15) is 24.2 Å². The topological polar surface area (TPSA) is 58.9 Å². The van der Waals surface area contributed by atoms with Gasteiger partial charge < -0.3 is 9.72 Å². The molecule has 0 spiro atoms. The number of pyridine rings is 1. The number of aryl methyl sites for hydroxylation is 1. The van der Waals surface area contributed by atoms with E-state index in [-0.39, 0.29) is 11.7 Å². The first-order chi connectivity index (χ1) is 15.1. The number of benzene rings is 2. The summed E-state index contributed by atoms with van der Waals surface area (Å²) in [5.41, 5.74) is 2.19. The Labute approximate surface area is 186 Å². The summed E-state index contributed by atoms with van der Waals surface area (Å²) in [5, 5.41) is 1.10. The van der Waals surface area contributed by atoms with Crippen molar-refractivity contribution >= 4 is 22.5 Å². The van der Waals surface area contributed by atoms with Gasteiger partial charge >= 0.3 is 0 Å². The summed E-state index contributed by atoms with van der Waals surface area (Å²) in [7, 11) is 0. The molecule has 0 saturated carbocycles. The predicted octanol–water partition coefficient (Wildman–Crippen LogP) is 5.47. The van der Waals surface area contributed by atoms with Crippen LogP contribution in [0.25, 0.3) is 22.3 Å². The third kappa shape index (κ3) is 4.62. The van der Waals surface area contributed by atoms with Crippen LogP contribution >= 0.6 is 11.6 Å². The lowest BCUT2D eigenvalue weighted by Crippen LogP contribution is -2.32. The van der Waals surface area contributed by atoms with E-state index in [1.54, 1.807) is 18.2 Å². The fourth-order valence-corrected chi connectivity index (χ4v) is 3.81. The third-order valence-corrected chi connectivity index (χ3v) is 5.46. The van der Waals surface area contributed by atoms with Gasteiger partial charge in [-0.1, -0.05) is 37.6 Å². The second-order valence-corrected chi connectivity index (χ2v) is 7.89. The summed E-state index contributed by atoms with van der Waals surface area (Å²) in [4.78, 5) is 20.1. The molecule has 0 aliphatic heterocycles. The number of rotatable bonds is 7. The normalized spacial score (nSPS) is 12.1. The van der Waals surface area contributed by atoms with Crippen molar-refractivity contribution in [3.63, 3.8) is 0 Å². The molecule has 1 N–H and O–H groups in total. The maximum atomic E-state index is 12.6. The fourth-order valence-electron chi connectivity index (χ4n) is 3.64. The van der Waals surface area contributed by atoms with E-state index >= 15 is 0 Å². The first-order valence-corrected chi connectivity index (χ1v) is 10.9. The molecule has 31 heavy (non-hydrogen) atoms. The molecule has 0 saturated heterocycles. The van der Waals surface area contributed by atoms with Gasteiger partial charge in [0.15, 0.2) is 12.4 Å². The Kier molecular flexibility index (Phi) is 6.33. The number of nitrogens with one attached hydrogen (secondary N) is 1. The number of hydrogen-bond donors (Lipinski definition) is 1. The Morgan fingerprint density at radius 2 is 1.87 bits per heavy atom. The Hall–Kier alpha value is -3.18. The van der Waals surface area contributed by atoms with Crippen LogP contribution in [0.3, 0.4) is 0 Å². The van der Waals surface area contributed by atoms with Crippen molar-refractivity contribution in [2.24, 2.45) is 0 Å². The van der Waals surface area contributed by atoms with E-state index < -0.39 is 0 Å². The highest BCUT2D eigenvalue weighted by Gasteiger charge is 2.18. The quantitative estimate of drug-likeness (QED) is 0.392. The maximum absolute atomic E-state index is 12.6. The lowest BCUT2D eigenvalue weighted by atomic mass is 10.1. The predicted molar refractivity (Wildman–Crippen MR) is 123 cm³/mol. The van der Waals surface area contributed by atoms with Crippen molar-refractivity contribution in [1.82, 2.24) is 9.97 Å². The van der Waals surface area contributed by atoms with Gasteiger partial charge in [-0.15, -0.1) is 0 Å². The monoisotopic (exact) mass is 434 g/mol. The summed E-state index contributed by atoms with van der Waals surface area (Å²) in [6.45, 7) is 5.23. The Balaban J connectivity index is 1.72. The van der Waals surface area contributed by atoms with Crippen molar-refractivity contribution in [2.45, 2.75) is 39.3 Å². The molecular weight excluding hydrogens is 410 g/mol. The molecule has 0 aliphatic carbocycles. The average Bonchev–Trinajstić information content (AvgIpc) is 2.79. The first kappa shape index (κ1) is 21.1. The summed E-state index contributed by atoms with van der Waals surface area (Å²) in [6.07, 6.45) is 5.90. The molecule has 1 unspecified atom stereocenters. The van der Waals surface area contributed by atoms with E-state index in [1.807, 2.05) is 24.3 Å². The van der Waals surface area contributed by atoms with Gasteiger partial charge in [-0.05, 0) is 36.8 Å². The number of hydrogen-bond acceptors (Lipinski definition) is 3. The zero-order valence-corrected chi connectivity index (χ0v) is 18.4. The van der Waals surface area contributed by atoms with Crippen LogP contribution in [-0.2, 0) is 6.54 Å². The Morgan fingerprint density at radius 1 is 1.10 bits per heavy atom. The highest BCUT2D eigenvalue weighted by Crippen LogP contribution is 2.34.